The minimum Gasteiger partial charge on any atom is -0.496 e. The number of aryl methyl sites for hydroxylation is 2. The Bertz CT molecular complexity index is 456. The SMILES string of the molecule is COc1cc(C)cc(C)c1CC(F)(F)CC(=O)O. The van der Waals surface area contributed by atoms with Crippen LogP contribution in [-0.2, 0) is 11.2 Å². The molecule has 0 aliphatic heterocycles. The highest BCUT2D eigenvalue weighted by atomic mass is 19.3. The van der Waals surface area contributed by atoms with Crippen LogP contribution < -0.4 is 4.74 Å². The van der Waals surface area contributed by atoms with Crippen LogP contribution in [0.5, 0.6) is 5.75 Å². The van der Waals surface area contributed by atoms with Gasteiger partial charge in [0.15, 0.2) is 0 Å². The Morgan fingerprint density at radius 1 is 1.39 bits per heavy atom. The summed E-state index contributed by atoms with van der Waals surface area (Å²) in [5.41, 5.74) is 1.95. The van der Waals surface area contributed by atoms with Crippen LogP contribution in [0.15, 0.2) is 12.1 Å². The molecule has 0 bridgehead atoms. The fourth-order valence-electron chi connectivity index (χ4n) is 1.91. The van der Waals surface area contributed by atoms with Crippen molar-refractivity contribution in [1.82, 2.24) is 0 Å². The predicted molar refractivity (Wildman–Crippen MR) is 63.4 cm³/mol. The number of benzene rings is 1. The number of hydrogen-bond acceptors (Lipinski definition) is 2. The second kappa shape index (κ2) is 5.33. The smallest absolute Gasteiger partial charge is 0.309 e. The van der Waals surface area contributed by atoms with Gasteiger partial charge >= 0.3 is 5.97 Å². The van der Waals surface area contributed by atoms with Gasteiger partial charge in [-0.15, -0.1) is 0 Å². The minimum absolute atomic E-state index is 0.356. The lowest BCUT2D eigenvalue weighted by Gasteiger charge is -2.18. The summed E-state index contributed by atoms with van der Waals surface area (Å²) >= 11 is 0. The molecule has 0 saturated heterocycles. The van der Waals surface area contributed by atoms with E-state index in [2.05, 4.69) is 0 Å². The van der Waals surface area contributed by atoms with Crippen LogP contribution in [0.3, 0.4) is 0 Å². The van der Waals surface area contributed by atoms with E-state index in [1.165, 1.54) is 7.11 Å². The first-order valence-electron chi connectivity index (χ1n) is 5.49. The molecule has 0 saturated carbocycles. The Balaban J connectivity index is 3.06. The number of hydrogen-bond donors (Lipinski definition) is 1. The molecule has 5 heteroatoms. The van der Waals surface area contributed by atoms with Crippen LogP contribution >= 0.6 is 0 Å². The molecule has 1 N–H and O–H groups in total. The molecule has 0 aromatic heterocycles. The molecule has 1 rings (SSSR count). The Morgan fingerprint density at radius 2 is 2.00 bits per heavy atom. The van der Waals surface area contributed by atoms with Gasteiger partial charge in [-0.05, 0) is 31.0 Å². The van der Waals surface area contributed by atoms with Crippen LogP contribution in [0, 0.1) is 13.8 Å². The number of alkyl halides is 2. The van der Waals surface area contributed by atoms with Crippen molar-refractivity contribution in [3.05, 3.63) is 28.8 Å². The Labute approximate surface area is 104 Å². The van der Waals surface area contributed by atoms with E-state index in [0.29, 0.717) is 16.9 Å². The molecule has 100 valence electrons. The van der Waals surface area contributed by atoms with Gasteiger partial charge in [-0.25, -0.2) is 8.78 Å². The maximum atomic E-state index is 13.5. The zero-order valence-electron chi connectivity index (χ0n) is 10.6. The minimum atomic E-state index is -3.28. The van der Waals surface area contributed by atoms with E-state index in [4.69, 9.17) is 9.84 Å². The van der Waals surface area contributed by atoms with E-state index in [1.807, 2.05) is 6.92 Å². The second-order valence-electron chi connectivity index (χ2n) is 4.37. The van der Waals surface area contributed by atoms with Crippen LogP contribution in [0.25, 0.3) is 0 Å². The quantitative estimate of drug-likeness (QED) is 0.883. The van der Waals surface area contributed by atoms with Crippen molar-refractivity contribution in [3.63, 3.8) is 0 Å². The van der Waals surface area contributed by atoms with Gasteiger partial charge in [0, 0.05) is 12.0 Å². The van der Waals surface area contributed by atoms with E-state index in [9.17, 15) is 13.6 Å². The number of carbonyl (C=O) groups is 1. The van der Waals surface area contributed by atoms with Crippen molar-refractivity contribution in [2.75, 3.05) is 7.11 Å². The highest BCUT2D eigenvalue weighted by Crippen LogP contribution is 2.32. The van der Waals surface area contributed by atoms with Crippen molar-refractivity contribution in [3.8, 4) is 5.75 Å². The van der Waals surface area contributed by atoms with E-state index < -0.39 is 24.7 Å². The highest BCUT2D eigenvalue weighted by molar-refractivity contribution is 5.68. The third-order valence-corrected chi connectivity index (χ3v) is 2.64. The number of carboxylic acid groups (broad SMARTS) is 1. The molecular weight excluding hydrogens is 242 g/mol. The number of carboxylic acids is 1. The van der Waals surface area contributed by atoms with Crippen molar-refractivity contribution < 1.29 is 23.4 Å². The summed E-state index contributed by atoms with van der Waals surface area (Å²) in [6.45, 7) is 3.55. The van der Waals surface area contributed by atoms with Crippen molar-refractivity contribution in [2.45, 2.75) is 32.6 Å². The van der Waals surface area contributed by atoms with Gasteiger partial charge < -0.3 is 9.84 Å². The standard InChI is InChI=1S/C13H16F2O3/c1-8-4-9(2)10(11(5-8)18-3)6-13(14,15)7-12(16)17/h4-5H,6-7H2,1-3H3,(H,16,17). The molecule has 0 unspecified atom stereocenters. The van der Waals surface area contributed by atoms with Crippen LogP contribution in [0.1, 0.15) is 23.1 Å². The average molecular weight is 258 g/mol. The lowest BCUT2D eigenvalue weighted by Crippen LogP contribution is -2.24. The van der Waals surface area contributed by atoms with Gasteiger partial charge in [0.1, 0.15) is 12.2 Å². The van der Waals surface area contributed by atoms with Crippen molar-refractivity contribution in [2.24, 2.45) is 0 Å². The van der Waals surface area contributed by atoms with Gasteiger partial charge in [-0.3, -0.25) is 4.79 Å². The van der Waals surface area contributed by atoms with Crippen molar-refractivity contribution >= 4 is 5.97 Å². The molecule has 3 nitrogen and oxygen atoms in total. The van der Waals surface area contributed by atoms with E-state index in [1.54, 1.807) is 19.1 Å². The summed E-state index contributed by atoms with van der Waals surface area (Å²) in [5, 5.41) is 8.46. The number of rotatable bonds is 5. The lowest BCUT2D eigenvalue weighted by molar-refractivity contribution is -0.144. The molecule has 0 atom stereocenters. The number of halogens is 2. The third-order valence-electron chi connectivity index (χ3n) is 2.64. The van der Waals surface area contributed by atoms with Crippen LogP contribution in [-0.4, -0.2) is 24.1 Å². The van der Waals surface area contributed by atoms with E-state index in [0.717, 1.165) is 5.56 Å². The van der Waals surface area contributed by atoms with Crippen LogP contribution in [0.4, 0.5) is 8.78 Å². The first kappa shape index (κ1) is 14.4. The third kappa shape index (κ3) is 3.68. The predicted octanol–water partition coefficient (Wildman–Crippen LogP) is 2.96. The molecule has 0 heterocycles. The summed E-state index contributed by atoms with van der Waals surface area (Å²) in [6, 6.07) is 3.44. The summed E-state index contributed by atoms with van der Waals surface area (Å²) in [5.74, 6) is -4.42. The zero-order valence-corrected chi connectivity index (χ0v) is 10.6. The second-order valence-corrected chi connectivity index (χ2v) is 4.37. The fourth-order valence-corrected chi connectivity index (χ4v) is 1.91. The van der Waals surface area contributed by atoms with Gasteiger partial charge in [0.2, 0.25) is 0 Å². The first-order valence-corrected chi connectivity index (χ1v) is 5.49. The molecule has 0 aliphatic carbocycles. The summed E-state index contributed by atoms with van der Waals surface area (Å²) < 4.78 is 32.1. The normalized spacial score (nSPS) is 11.4. The highest BCUT2D eigenvalue weighted by Gasteiger charge is 2.34. The van der Waals surface area contributed by atoms with Gasteiger partial charge in [0.05, 0.1) is 7.11 Å². The maximum absolute atomic E-state index is 13.5. The Morgan fingerprint density at radius 3 is 2.50 bits per heavy atom. The molecule has 0 radical (unpaired) electrons. The van der Waals surface area contributed by atoms with E-state index >= 15 is 0 Å². The fraction of sp³-hybridized carbons (Fsp3) is 0.462. The number of ether oxygens (including phenoxy) is 1. The molecule has 0 fully saturated rings. The molecular formula is C13H16F2O3. The molecule has 0 aliphatic rings. The number of aliphatic carboxylic acids is 1. The van der Waals surface area contributed by atoms with Crippen molar-refractivity contribution in [1.29, 1.82) is 0 Å². The Kier molecular flexibility index (Phi) is 4.27. The van der Waals surface area contributed by atoms with Gasteiger partial charge in [-0.1, -0.05) is 6.07 Å². The first-order chi connectivity index (χ1) is 8.25. The average Bonchev–Trinajstić information content (AvgIpc) is 2.19. The zero-order chi connectivity index (χ0) is 13.9. The monoisotopic (exact) mass is 258 g/mol. The van der Waals surface area contributed by atoms with E-state index in [-0.39, 0.29) is 0 Å². The molecule has 1 aromatic carbocycles. The van der Waals surface area contributed by atoms with Gasteiger partial charge in [-0.2, -0.15) is 0 Å². The van der Waals surface area contributed by atoms with Gasteiger partial charge in [0.25, 0.3) is 5.92 Å². The maximum Gasteiger partial charge on any atom is 0.309 e. The molecule has 0 spiro atoms. The molecule has 1 aromatic rings. The lowest BCUT2D eigenvalue weighted by atomic mass is 9.97. The topological polar surface area (TPSA) is 46.5 Å². The molecule has 0 amide bonds. The number of methoxy groups -OCH3 is 1. The van der Waals surface area contributed by atoms with Crippen LogP contribution in [0.2, 0.25) is 0 Å². The summed E-state index contributed by atoms with van der Waals surface area (Å²) in [7, 11) is 1.41. The molecule has 18 heavy (non-hydrogen) atoms. The Hall–Kier alpha value is -1.65. The largest absolute Gasteiger partial charge is 0.496 e. The summed E-state index contributed by atoms with van der Waals surface area (Å²) in [6.07, 6.45) is -1.81. The summed E-state index contributed by atoms with van der Waals surface area (Å²) in [4.78, 5) is 10.4.